The van der Waals surface area contributed by atoms with Gasteiger partial charge in [-0.3, -0.25) is 0 Å². The molecule has 0 radical (unpaired) electrons. The molecule has 1 saturated carbocycles. The number of nitrogens with two attached hydrogens (primary N) is 1. The molecular weight excluding hydrogens is 448 g/mol. The lowest BCUT2D eigenvalue weighted by Gasteiger charge is -2.28. The Morgan fingerprint density at radius 1 is 0.912 bits per heavy atom. The van der Waals surface area contributed by atoms with Crippen LogP contribution in [0.5, 0.6) is 0 Å². The van der Waals surface area contributed by atoms with E-state index in [0.717, 1.165) is 54.5 Å². The summed E-state index contributed by atoms with van der Waals surface area (Å²) in [7, 11) is -3.46. The molecule has 3 aromatic rings. The normalized spacial score (nSPS) is 18.6. The molecule has 182 valence electrons. The zero-order valence-corrected chi connectivity index (χ0v) is 20.4. The zero-order valence-electron chi connectivity index (χ0n) is 19.6. The molecule has 1 aliphatic rings. The lowest BCUT2D eigenvalue weighted by molar-refractivity contribution is 0.284. The SMILES string of the molecule is Cc1ccc(S(=O)(=O)NCC2CCC(CNc3nc(NCCN)c4ccccc4n3)CC2)cc1. The number of fused-ring (bicyclic) bond motifs is 1. The van der Waals surface area contributed by atoms with Gasteiger partial charge in [0, 0.05) is 31.6 Å². The summed E-state index contributed by atoms with van der Waals surface area (Å²) in [5.74, 6) is 2.29. The molecule has 1 heterocycles. The van der Waals surface area contributed by atoms with E-state index >= 15 is 0 Å². The highest BCUT2D eigenvalue weighted by Gasteiger charge is 2.23. The molecule has 1 aliphatic carbocycles. The van der Waals surface area contributed by atoms with Crippen molar-refractivity contribution in [2.75, 3.05) is 36.8 Å². The maximum Gasteiger partial charge on any atom is 0.240 e. The lowest BCUT2D eigenvalue weighted by atomic mass is 9.82. The summed E-state index contributed by atoms with van der Waals surface area (Å²) in [6.45, 7) is 4.42. The molecule has 0 spiro atoms. The second-order valence-corrected chi connectivity index (χ2v) is 10.8. The summed E-state index contributed by atoms with van der Waals surface area (Å²) >= 11 is 0. The summed E-state index contributed by atoms with van der Waals surface area (Å²) in [5.41, 5.74) is 7.58. The van der Waals surface area contributed by atoms with Gasteiger partial charge in [0.05, 0.1) is 10.4 Å². The number of hydrogen-bond acceptors (Lipinski definition) is 7. The van der Waals surface area contributed by atoms with Crippen LogP contribution >= 0.6 is 0 Å². The van der Waals surface area contributed by atoms with Crippen LogP contribution in [-0.2, 0) is 10.0 Å². The fraction of sp³-hybridized carbons (Fsp3) is 0.440. The summed E-state index contributed by atoms with van der Waals surface area (Å²) in [6.07, 6.45) is 4.11. The third-order valence-corrected chi connectivity index (χ3v) is 7.89. The highest BCUT2D eigenvalue weighted by Crippen LogP contribution is 2.29. The van der Waals surface area contributed by atoms with Crippen molar-refractivity contribution in [3.05, 3.63) is 54.1 Å². The third kappa shape index (κ3) is 6.22. The number of aromatic nitrogens is 2. The average molecular weight is 483 g/mol. The highest BCUT2D eigenvalue weighted by atomic mass is 32.2. The quantitative estimate of drug-likeness (QED) is 0.349. The average Bonchev–Trinajstić information content (AvgIpc) is 2.85. The molecule has 0 saturated heterocycles. The first-order valence-corrected chi connectivity index (χ1v) is 13.4. The van der Waals surface area contributed by atoms with Gasteiger partial charge in [-0.05, 0) is 68.7 Å². The van der Waals surface area contributed by atoms with E-state index in [4.69, 9.17) is 5.73 Å². The molecule has 2 aromatic carbocycles. The second-order valence-electron chi connectivity index (χ2n) is 9.06. The van der Waals surface area contributed by atoms with E-state index in [1.807, 2.05) is 43.3 Å². The van der Waals surface area contributed by atoms with Crippen molar-refractivity contribution in [2.24, 2.45) is 17.6 Å². The molecule has 0 atom stereocenters. The van der Waals surface area contributed by atoms with E-state index < -0.39 is 10.0 Å². The van der Waals surface area contributed by atoms with Gasteiger partial charge in [-0.25, -0.2) is 18.1 Å². The molecule has 9 heteroatoms. The number of anilines is 2. The Morgan fingerprint density at radius 2 is 1.59 bits per heavy atom. The number of rotatable bonds is 10. The van der Waals surface area contributed by atoms with Gasteiger partial charge in [0.1, 0.15) is 5.82 Å². The van der Waals surface area contributed by atoms with Crippen LogP contribution in [-0.4, -0.2) is 44.6 Å². The summed E-state index contributed by atoms with van der Waals surface area (Å²) in [4.78, 5) is 9.65. The molecule has 0 amide bonds. The van der Waals surface area contributed by atoms with Gasteiger partial charge < -0.3 is 16.4 Å². The standard InChI is InChI=1S/C25H34N6O2S/c1-18-6-12-21(13-7-18)34(32,33)29-17-20-10-8-19(9-11-20)16-28-25-30-23-5-3-2-4-22(23)24(31-25)27-15-14-26/h2-7,12-13,19-20,29H,8-11,14-17,26H2,1H3,(H2,27,28,30,31). The largest absolute Gasteiger partial charge is 0.368 e. The van der Waals surface area contributed by atoms with Gasteiger partial charge in [0.25, 0.3) is 0 Å². The zero-order chi connectivity index (χ0) is 24.0. The predicted molar refractivity (Wildman–Crippen MR) is 137 cm³/mol. The topological polar surface area (TPSA) is 122 Å². The highest BCUT2D eigenvalue weighted by molar-refractivity contribution is 7.89. The molecule has 8 nitrogen and oxygen atoms in total. The van der Waals surface area contributed by atoms with Crippen molar-refractivity contribution in [1.82, 2.24) is 14.7 Å². The number of aryl methyl sites for hydroxylation is 1. The summed E-state index contributed by atoms with van der Waals surface area (Å²) in [5, 5.41) is 7.69. The van der Waals surface area contributed by atoms with Crippen molar-refractivity contribution in [1.29, 1.82) is 0 Å². The van der Waals surface area contributed by atoms with Crippen LogP contribution < -0.4 is 21.1 Å². The van der Waals surface area contributed by atoms with Crippen LogP contribution in [0.25, 0.3) is 10.9 Å². The lowest BCUT2D eigenvalue weighted by Crippen LogP contribution is -2.32. The van der Waals surface area contributed by atoms with Crippen LogP contribution in [0.15, 0.2) is 53.4 Å². The Morgan fingerprint density at radius 3 is 2.29 bits per heavy atom. The maximum absolute atomic E-state index is 12.5. The molecule has 1 aromatic heterocycles. The van der Waals surface area contributed by atoms with Crippen LogP contribution in [0.2, 0.25) is 0 Å². The Balaban J connectivity index is 1.27. The monoisotopic (exact) mass is 482 g/mol. The predicted octanol–water partition coefficient (Wildman–Crippen LogP) is 3.51. The van der Waals surface area contributed by atoms with Gasteiger partial charge in [-0.15, -0.1) is 0 Å². The van der Waals surface area contributed by atoms with E-state index in [0.29, 0.717) is 42.3 Å². The molecule has 34 heavy (non-hydrogen) atoms. The van der Waals surface area contributed by atoms with Gasteiger partial charge >= 0.3 is 0 Å². The number of para-hydroxylation sites is 1. The van der Waals surface area contributed by atoms with Crippen LogP contribution in [0, 0.1) is 18.8 Å². The van der Waals surface area contributed by atoms with E-state index in [1.54, 1.807) is 12.1 Å². The van der Waals surface area contributed by atoms with Crippen LogP contribution in [0.4, 0.5) is 11.8 Å². The van der Waals surface area contributed by atoms with Crippen molar-refractivity contribution in [3.63, 3.8) is 0 Å². The van der Waals surface area contributed by atoms with Gasteiger partial charge in [-0.2, -0.15) is 4.98 Å². The first kappa shape index (κ1) is 24.4. The number of sulfonamides is 1. The molecule has 0 unspecified atom stereocenters. The number of nitrogens with zero attached hydrogens (tertiary/aromatic N) is 2. The van der Waals surface area contributed by atoms with Gasteiger partial charge in [0.2, 0.25) is 16.0 Å². The summed E-state index contributed by atoms with van der Waals surface area (Å²) < 4.78 is 27.9. The van der Waals surface area contributed by atoms with Gasteiger partial charge in [-0.1, -0.05) is 29.8 Å². The van der Waals surface area contributed by atoms with E-state index in [9.17, 15) is 8.42 Å². The minimum Gasteiger partial charge on any atom is -0.368 e. The molecule has 5 N–H and O–H groups in total. The number of hydrogen-bond donors (Lipinski definition) is 4. The molecule has 4 rings (SSSR count). The van der Waals surface area contributed by atoms with Crippen molar-refractivity contribution in [3.8, 4) is 0 Å². The van der Waals surface area contributed by atoms with E-state index in [2.05, 4.69) is 25.3 Å². The van der Waals surface area contributed by atoms with E-state index in [-0.39, 0.29) is 0 Å². The molecular formula is C25H34N6O2S. The minimum atomic E-state index is -3.46. The Kier molecular flexibility index (Phi) is 7.97. The molecule has 0 aliphatic heterocycles. The smallest absolute Gasteiger partial charge is 0.240 e. The Bertz CT molecular complexity index is 1190. The minimum absolute atomic E-state index is 0.326. The number of benzene rings is 2. The fourth-order valence-electron chi connectivity index (χ4n) is 4.38. The van der Waals surface area contributed by atoms with Crippen LogP contribution in [0.1, 0.15) is 31.2 Å². The van der Waals surface area contributed by atoms with E-state index in [1.165, 1.54) is 0 Å². The Labute approximate surface area is 201 Å². The van der Waals surface area contributed by atoms with Crippen molar-refractivity contribution >= 4 is 32.7 Å². The third-order valence-electron chi connectivity index (χ3n) is 6.45. The van der Waals surface area contributed by atoms with Crippen molar-refractivity contribution in [2.45, 2.75) is 37.5 Å². The number of nitrogens with one attached hydrogen (secondary N) is 3. The summed E-state index contributed by atoms with van der Waals surface area (Å²) in [6, 6.07) is 14.9. The molecule has 1 fully saturated rings. The Hall–Kier alpha value is -2.75. The van der Waals surface area contributed by atoms with Crippen LogP contribution in [0.3, 0.4) is 0 Å². The first-order valence-electron chi connectivity index (χ1n) is 12.0. The maximum atomic E-state index is 12.5. The molecule has 0 bridgehead atoms. The van der Waals surface area contributed by atoms with Gasteiger partial charge in [0.15, 0.2) is 0 Å². The fourth-order valence-corrected chi connectivity index (χ4v) is 5.50. The second kappa shape index (κ2) is 11.1. The van der Waals surface area contributed by atoms with Crippen molar-refractivity contribution < 1.29 is 8.42 Å². The first-order chi connectivity index (χ1) is 16.4.